The van der Waals surface area contributed by atoms with E-state index in [4.69, 9.17) is 11.6 Å². The molecule has 1 atom stereocenters. The molecule has 1 unspecified atom stereocenters. The van der Waals surface area contributed by atoms with Gasteiger partial charge in [-0.15, -0.1) is 0 Å². The number of aryl methyl sites for hydroxylation is 1. The molecular formula is C18H21BrClN. The molecule has 0 amide bonds. The number of benzene rings is 2. The summed E-state index contributed by atoms with van der Waals surface area (Å²) >= 11 is 9.95. The number of hydrogen-bond donors (Lipinski definition) is 1. The van der Waals surface area contributed by atoms with Crippen molar-refractivity contribution in [2.24, 2.45) is 0 Å². The Labute approximate surface area is 140 Å². The molecular weight excluding hydrogens is 346 g/mol. The van der Waals surface area contributed by atoms with Crippen molar-refractivity contribution in [2.45, 2.75) is 33.2 Å². The van der Waals surface area contributed by atoms with Gasteiger partial charge >= 0.3 is 0 Å². The Hall–Kier alpha value is -0.830. The molecule has 0 saturated carbocycles. The maximum absolute atomic E-state index is 6.48. The second-order valence-corrected chi connectivity index (χ2v) is 6.66. The molecule has 0 aliphatic heterocycles. The van der Waals surface area contributed by atoms with Gasteiger partial charge < -0.3 is 5.32 Å². The van der Waals surface area contributed by atoms with E-state index in [1.165, 1.54) is 16.7 Å². The highest BCUT2D eigenvalue weighted by Crippen LogP contribution is 2.32. The molecule has 3 heteroatoms. The van der Waals surface area contributed by atoms with Crippen molar-refractivity contribution >= 4 is 27.5 Å². The van der Waals surface area contributed by atoms with E-state index < -0.39 is 0 Å². The number of hydrogen-bond acceptors (Lipinski definition) is 1. The van der Waals surface area contributed by atoms with Gasteiger partial charge in [0.15, 0.2) is 0 Å². The first-order chi connectivity index (χ1) is 10.0. The molecule has 2 rings (SSSR count). The van der Waals surface area contributed by atoms with E-state index >= 15 is 0 Å². The molecule has 1 N–H and O–H groups in total. The van der Waals surface area contributed by atoms with Crippen molar-refractivity contribution in [3.8, 4) is 0 Å². The fourth-order valence-electron chi connectivity index (χ4n) is 2.50. The van der Waals surface area contributed by atoms with Crippen molar-refractivity contribution in [3.05, 3.63) is 68.1 Å². The monoisotopic (exact) mass is 365 g/mol. The molecule has 0 aliphatic rings. The first-order valence-corrected chi connectivity index (χ1v) is 8.46. The van der Waals surface area contributed by atoms with Crippen LogP contribution in [-0.2, 0) is 0 Å². The van der Waals surface area contributed by atoms with Crippen molar-refractivity contribution < 1.29 is 0 Å². The molecule has 0 aromatic heterocycles. The third-order valence-electron chi connectivity index (χ3n) is 3.83. The summed E-state index contributed by atoms with van der Waals surface area (Å²) in [6.45, 7) is 7.47. The maximum atomic E-state index is 6.48. The lowest BCUT2D eigenvalue weighted by molar-refractivity contribution is 0.596. The molecule has 112 valence electrons. The highest BCUT2D eigenvalue weighted by Gasteiger charge is 2.18. The van der Waals surface area contributed by atoms with Crippen LogP contribution in [0.4, 0.5) is 0 Å². The van der Waals surface area contributed by atoms with Crippen LogP contribution in [0.15, 0.2) is 40.9 Å². The van der Waals surface area contributed by atoms with E-state index in [1.54, 1.807) is 0 Å². The summed E-state index contributed by atoms with van der Waals surface area (Å²) in [7, 11) is 0. The average molecular weight is 367 g/mol. The topological polar surface area (TPSA) is 12.0 Å². The molecule has 1 nitrogen and oxygen atoms in total. The molecule has 2 aromatic carbocycles. The van der Waals surface area contributed by atoms with Crippen molar-refractivity contribution in [3.63, 3.8) is 0 Å². The van der Waals surface area contributed by atoms with Gasteiger partial charge in [-0.3, -0.25) is 0 Å². The van der Waals surface area contributed by atoms with Gasteiger partial charge in [0, 0.05) is 9.50 Å². The number of halogens is 2. The van der Waals surface area contributed by atoms with E-state index in [-0.39, 0.29) is 6.04 Å². The summed E-state index contributed by atoms with van der Waals surface area (Å²) in [5, 5.41) is 4.42. The molecule has 0 fully saturated rings. The average Bonchev–Trinajstić information content (AvgIpc) is 2.45. The van der Waals surface area contributed by atoms with E-state index in [2.05, 4.69) is 66.3 Å². The first kappa shape index (κ1) is 16.5. The van der Waals surface area contributed by atoms with Gasteiger partial charge in [0.1, 0.15) is 0 Å². The van der Waals surface area contributed by atoms with Gasteiger partial charge in [0.2, 0.25) is 0 Å². The van der Waals surface area contributed by atoms with E-state index in [1.807, 2.05) is 12.1 Å². The lowest BCUT2D eigenvalue weighted by Crippen LogP contribution is -2.24. The second-order valence-electron chi connectivity index (χ2n) is 5.34. The van der Waals surface area contributed by atoms with Crippen molar-refractivity contribution in [2.75, 3.05) is 6.54 Å². The molecule has 21 heavy (non-hydrogen) atoms. The maximum Gasteiger partial charge on any atom is 0.0594 e. The van der Waals surface area contributed by atoms with Crippen LogP contribution >= 0.6 is 27.5 Å². The summed E-state index contributed by atoms with van der Waals surface area (Å²) in [5.74, 6) is 0. The van der Waals surface area contributed by atoms with Gasteiger partial charge in [0.25, 0.3) is 0 Å². The normalized spacial score (nSPS) is 12.4. The summed E-state index contributed by atoms with van der Waals surface area (Å²) in [6, 6.07) is 12.7. The van der Waals surface area contributed by atoms with Gasteiger partial charge in [-0.1, -0.05) is 58.7 Å². The fourth-order valence-corrected chi connectivity index (χ4v) is 3.28. The molecule has 2 aromatic rings. The van der Waals surface area contributed by atoms with Crippen molar-refractivity contribution in [1.29, 1.82) is 0 Å². The minimum Gasteiger partial charge on any atom is -0.306 e. The van der Waals surface area contributed by atoms with Gasteiger partial charge in [0.05, 0.1) is 6.04 Å². The predicted molar refractivity (Wildman–Crippen MR) is 95.2 cm³/mol. The molecule has 0 saturated heterocycles. The lowest BCUT2D eigenvalue weighted by atomic mass is 9.92. The highest BCUT2D eigenvalue weighted by molar-refractivity contribution is 9.10. The third kappa shape index (κ3) is 3.88. The van der Waals surface area contributed by atoms with Crippen LogP contribution in [-0.4, -0.2) is 6.54 Å². The zero-order valence-electron chi connectivity index (χ0n) is 12.7. The van der Waals surface area contributed by atoms with Crippen LogP contribution in [0.5, 0.6) is 0 Å². The minimum atomic E-state index is 0.130. The van der Waals surface area contributed by atoms with Crippen LogP contribution in [0.3, 0.4) is 0 Å². The third-order valence-corrected chi connectivity index (χ3v) is 4.65. The Morgan fingerprint density at radius 3 is 2.57 bits per heavy atom. The SMILES string of the molecule is CCCNC(c1ccc(Br)cc1Cl)c1cccc(C)c1C. The van der Waals surface area contributed by atoms with Crippen molar-refractivity contribution in [1.82, 2.24) is 5.32 Å². The quantitative estimate of drug-likeness (QED) is 0.704. The number of rotatable bonds is 5. The van der Waals surface area contributed by atoms with E-state index in [0.29, 0.717) is 0 Å². The van der Waals surface area contributed by atoms with Gasteiger partial charge in [-0.05, 0) is 61.2 Å². The summed E-state index contributed by atoms with van der Waals surface area (Å²) in [4.78, 5) is 0. The minimum absolute atomic E-state index is 0.130. The summed E-state index contributed by atoms with van der Waals surface area (Å²) < 4.78 is 1.01. The zero-order chi connectivity index (χ0) is 15.4. The Morgan fingerprint density at radius 2 is 1.90 bits per heavy atom. The lowest BCUT2D eigenvalue weighted by Gasteiger charge is -2.23. The molecule has 0 spiro atoms. The highest BCUT2D eigenvalue weighted by atomic mass is 79.9. The number of nitrogens with one attached hydrogen (secondary N) is 1. The smallest absolute Gasteiger partial charge is 0.0594 e. The Kier molecular flexibility index (Phi) is 5.86. The zero-order valence-corrected chi connectivity index (χ0v) is 15.1. The Balaban J connectivity index is 2.49. The molecule has 0 aliphatic carbocycles. The van der Waals surface area contributed by atoms with Crippen LogP contribution in [0.1, 0.15) is 41.6 Å². The standard InChI is InChI=1S/C18H21BrClN/c1-4-10-21-18(15-7-5-6-12(2)13(15)3)16-9-8-14(19)11-17(16)20/h5-9,11,18,21H,4,10H2,1-3H3. The van der Waals surface area contributed by atoms with E-state index in [9.17, 15) is 0 Å². The molecule has 0 bridgehead atoms. The summed E-state index contributed by atoms with van der Waals surface area (Å²) in [6.07, 6.45) is 1.09. The summed E-state index contributed by atoms with van der Waals surface area (Å²) in [5.41, 5.74) is 5.06. The second kappa shape index (κ2) is 7.44. The van der Waals surface area contributed by atoms with Gasteiger partial charge in [-0.2, -0.15) is 0 Å². The fraction of sp³-hybridized carbons (Fsp3) is 0.333. The van der Waals surface area contributed by atoms with Crippen LogP contribution in [0, 0.1) is 13.8 Å². The van der Waals surface area contributed by atoms with Crippen LogP contribution in [0.25, 0.3) is 0 Å². The van der Waals surface area contributed by atoms with Crippen LogP contribution in [0.2, 0.25) is 5.02 Å². The van der Waals surface area contributed by atoms with Gasteiger partial charge in [-0.25, -0.2) is 0 Å². The Morgan fingerprint density at radius 1 is 1.14 bits per heavy atom. The largest absolute Gasteiger partial charge is 0.306 e. The predicted octanol–water partition coefficient (Wildman–Crippen LogP) is 5.81. The molecule has 0 heterocycles. The molecule has 0 radical (unpaired) electrons. The van der Waals surface area contributed by atoms with E-state index in [0.717, 1.165) is 28.0 Å². The van der Waals surface area contributed by atoms with Crippen LogP contribution < -0.4 is 5.32 Å². The first-order valence-electron chi connectivity index (χ1n) is 7.29. The Bertz CT molecular complexity index is 625.